The molecule has 0 aliphatic rings. The molecule has 0 fully saturated rings. The molecule has 2 rings (SSSR count). The molecule has 0 aliphatic carbocycles. The monoisotopic (exact) mass is 414 g/mol. The second kappa shape index (κ2) is 6.21. The van der Waals surface area contributed by atoms with Crippen LogP contribution in [-0.2, 0) is 16.6 Å². The number of rotatable bonds is 4. The van der Waals surface area contributed by atoms with Crippen molar-refractivity contribution in [3.05, 3.63) is 43.0 Å². The van der Waals surface area contributed by atoms with Crippen LogP contribution < -0.4 is 10.5 Å². The third kappa shape index (κ3) is 3.47. The zero-order valence-corrected chi connectivity index (χ0v) is 14.6. The van der Waals surface area contributed by atoms with Crippen molar-refractivity contribution in [2.24, 2.45) is 0 Å². The van der Waals surface area contributed by atoms with Gasteiger partial charge in [-0.3, -0.25) is 0 Å². The van der Waals surface area contributed by atoms with Crippen molar-refractivity contribution >= 4 is 66.2 Å². The molecule has 0 unspecified atom stereocenters. The number of hydrogen-bond donors (Lipinski definition) is 2. The lowest BCUT2D eigenvalue weighted by Crippen LogP contribution is -2.24. The molecule has 0 spiro atoms. The lowest BCUT2D eigenvalue weighted by Gasteiger charge is -2.11. The highest BCUT2D eigenvalue weighted by molar-refractivity contribution is 9.10. The quantitative estimate of drug-likeness (QED) is 0.744. The Kier molecular flexibility index (Phi) is 4.99. The summed E-state index contributed by atoms with van der Waals surface area (Å²) in [5.41, 5.74) is 5.71. The summed E-state index contributed by atoms with van der Waals surface area (Å²) in [4.78, 5) is 0.702. The first-order valence-electron chi connectivity index (χ1n) is 5.27. The van der Waals surface area contributed by atoms with Crippen molar-refractivity contribution in [2.75, 3.05) is 5.73 Å². The van der Waals surface area contributed by atoms with Gasteiger partial charge in [-0.1, -0.05) is 23.2 Å². The van der Waals surface area contributed by atoms with Gasteiger partial charge in [0.2, 0.25) is 10.0 Å². The maximum Gasteiger partial charge on any atom is 0.244 e. The minimum atomic E-state index is -3.81. The van der Waals surface area contributed by atoms with E-state index in [4.69, 9.17) is 28.9 Å². The fourth-order valence-corrected chi connectivity index (χ4v) is 5.05. The van der Waals surface area contributed by atoms with Gasteiger partial charge < -0.3 is 5.73 Å². The molecule has 108 valence electrons. The van der Waals surface area contributed by atoms with Crippen LogP contribution in [0.2, 0.25) is 10.0 Å². The number of nitrogen functional groups attached to an aromatic ring is 1. The molecule has 20 heavy (non-hydrogen) atoms. The third-order valence-electron chi connectivity index (χ3n) is 2.42. The van der Waals surface area contributed by atoms with Gasteiger partial charge in [-0.25, -0.2) is 13.1 Å². The molecular formula is C11H9BrCl2N2O2S2. The minimum Gasteiger partial charge on any atom is -0.398 e. The number of anilines is 1. The van der Waals surface area contributed by atoms with E-state index in [0.717, 1.165) is 9.35 Å². The van der Waals surface area contributed by atoms with Crippen molar-refractivity contribution in [1.82, 2.24) is 4.72 Å². The third-order valence-corrected chi connectivity index (χ3v) is 6.49. The maximum absolute atomic E-state index is 12.3. The van der Waals surface area contributed by atoms with Gasteiger partial charge in [0.1, 0.15) is 4.90 Å². The predicted molar refractivity (Wildman–Crippen MR) is 86.9 cm³/mol. The Morgan fingerprint density at radius 1 is 1.35 bits per heavy atom. The number of sulfonamides is 1. The Balaban J connectivity index is 2.30. The molecule has 0 saturated heterocycles. The number of nitrogens with one attached hydrogen (secondary N) is 1. The van der Waals surface area contributed by atoms with Gasteiger partial charge in [0.15, 0.2) is 0 Å². The fraction of sp³-hybridized carbons (Fsp3) is 0.0909. The Hall–Kier alpha value is -0.310. The van der Waals surface area contributed by atoms with Crippen molar-refractivity contribution in [2.45, 2.75) is 11.4 Å². The van der Waals surface area contributed by atoms with Gasteiger partial charge in [0, 0.05) is 20.9 Å². The topological polar surface area (TPSA) is 72.2 Å². The molecule has 0 radical (unpaired) electrons. The fourth-order valence-electron chi connectivity index (χ4n) is 1.55. The van der Waals surface area contributed by atoms with E-state index in [1.807, 2.05) is 11.4 Å². The number of halogens is 3. The van der Waals surface area contributed by atoms with E-state index in [0.29, 0.717) is 0 Å². The van der Waals surface area contributed by atoms with E-state index >= 15 is 0 Å². The van der Waals surface area contributed by atoms with Crippen LogP contribution >= 0.6 is 50.5 Å². The van der Waals surface area contributed by atoms with Gasteiger partial charge in [-0.05, 0) is 39.5 Å². The summed E-state index contributed by atoms with van der Waals surface area (Å²) in [7, 11) is -3.81. The summed E-state index contributed by atoms with van der Waals surface area (Å²) >= 11 is 16.5. The van der Waals surface area contributed by atoms with Gasteiger partial charge >= 0.3 is 0 Å². The van der Waals surface area contributed by atoms with E-state index < -0.39 is 10.0 Å². The SMILES string of the molecule is Nc1cc(Cl)cc(Cl)c1S(=O)(=O)NCc1sccc1Br. The van der Waals surface area contributed by atoms with Gasteiger partial charge in [-0.2, -0.15) is 0 Å². The van der Waals surface area contributed by atoms with Crippen LogP contribution in [0, 0.1) is 0 Å². The van der Waals surface area contributed by atoms with Crippen LogP contribution in [0.3, 0.4) is 0 Å². The summed E-state index contributed by atoms with van der Waals surface area (Å²) in [6.45, 7) is 0.152. The minimum absolute atomic E-state index is 0.00672. The number of hydrogen-bond acceptors (Lipinski definition) is 4. The maximum atomic E-state index is 12.3. The molecule has 0 bridgehead atoms. The standard InChI is InChI=1S/C11H9BrCl2N2O2S2/c12-7-1-2-19-10(7)5-16-20(17,18)11-8(14)3-6(13)4-9(11)15/h1-4,16H,5,15H2. The first-order valence-corrected chi connectivity index (χ1v) is 9.18. The number of benzene rings is 1. The number of nitrogens with two attached hydrogens (primary N) is 1. The Labute approximate surface area is 139 Å². The molecule has 1 aromatic heterocycles. The molecular weight excluding hydrogens is 407 g/mol. The molecule has 1 aromatic carbocycles. The normalized spacial score (nSPS) is 11.8. The van der Waals surface area contributed by atoms with E-state index in [1.54, 1.807) is 0 Å². The van der Waals surface area contributed by atoms with Crippen molar-refractivity contribution in [3.8, 4) is 0 Å². The summed E-state index contributed by atoms with van der Waals surface area (Å²) < 4.78 is 27.8. The molecule has 0 saturated carbocycles. The molecule has 3 N–H and O–H groups in total. The van der Waals surface area contributed by atoms with Gasteiger partial charge in [0.25, 0.3) is 0 Å². The van der Waals surface area contributed by atoms with E-state index in [9.17, 15) is 8.42 Å². The zero-order valence-electron chi connectivity index (χ0n) is 9.86. The Morgan fingerprint density at radius 3 is 2.60 bits per heavy atom. The molecule has 0 atom stereocenters. The van der Waals surface area contributed by atoms with Crippen LogP contribution in [-0.4, -0.2) is 8.42 Å². The average molecular weight is 416 g/mol. The lowest BCUT2D eigenvalue weighted by atomic mass is 10.3. The summed E-state index contributed by atoms with van der Waals surface area (Å²) in [6, 6.07) is 4.54. The molecule has 0 aliphatic heterocycles. The molecule has 1 heterocycles. The van der Waals surface area contributed by atoms with E-state index in [2.05, 4.69) is 20.7 Å². The van der Waals surface area contributed by atoms with Gasteiger partial charge in [-0.15, -0.1) is 11.3 Å². The zero-order chi connectivity index (χ0) is 14.9. The Bertz CT molecular complexity index is 724. The molecule has 4 nitrogen and oxygen atoms in total. The lowest BCUT2D eigenvalue weighted by molar-refractivity contribution is 0.582. The summed E-state index contributed by atoms with van der Waals surface area (Å²) in [5.74, 6) is 0. The van der Waals surface area contributed by atoms with Crippen LogP contribution in [0.25, 0.3) is 0 Å². The second-order valence-corrected chi connectivity index (χ2v) is 8.22. The first kappa shape index (κ1) is 16.1. The van der Waals surface area contributed by atoms with Crippen LogP contribution in [0.5, 0.6) is 0 Å². The Morgan fingerprint density at radius 2 is 2.05 bits per heavy atom. The first-order chi connectivity index (χ1) is 9.31. The predicted octanol–water partition coefficient (Wildman–Crippen LogP) is 3.88. The van der Waals surface area contributed by atoms with Crippen molar-refractivity contribution in [3.63, 3.8) is 0 Å². The summed E-state index contributed by atoms with van der Waals surface area (Å²) in [5, 5.41) is 2.14. The highest BCUT2D eigenvalue weighted by Gasteiger charge is 2.22. The highest BCUT2D eigenvalue weighted by Crippen LogP contribution is 2.31. The summed E-state index contributed by atoms with van der Waals surface area (Å²) in [6.07, 6.45) is 0. The second-order valence-electron chi connectivity index (χ2n) is 3.82. The largest absolute Gasteiger partial charge is 0.398 e. The van der Waals surface area contributed by atoms with Gasteiger partial charge in [0.05, 0.1) is 10.7 Å². The van der Waals surface area contributed by atoms with Crippen LogP contribution in [0.1, 0.15) is 4.88 Å². The van der Waals surface area contributed by atoms with Crippen LogP contribution in [0.4, 0.5) is 5.69 Å². The molecule has 2 aromatic rings. The highest BCUT2D eigenvalue weighted by atomic mass is 79.9. The van der Waals surface area contributed by atoms with Crippen molar-refractivity contribution in [1.29, 1.82) is 0 Å². The van der Waals surface area contributed by atoms with E-state index in [1.165, 1.54) is 23.5 Å². The van der Waals surface area contributed by atoms with Crippen molar-refractivity contribution < 1.29 is 8.42 Å². The molecule has 9 heteroatoms. The number of thiophene rings is 1. The smallest absolute Gasteiger partial charge is 0.244 e. The van der Waals surface area contributed by atoms with Crippen LogP contribution in [0.15, 0.2) is 32.9 Å². The van der Waals surface area contributed by atoms with E-state index in [-0.39, 0.29) is 27.2 Å². The molecule has 0 amide bonds. The average Bonchev–Trinajstić information content (AvgIpc) is 2.70.